The molecule has 3 aromatic rings. The molecule has 0 fully saturated rings. The van der Waals surface area contributed by atoms with E-state index in [2.05, 4.69) is 15.7 Å². The molecule has 150 valence electrons. The van der Waals surface area contributed by atoms with Crippen LogP contribution in [0.25, 0.3) is 0 Å². The Morgan fingerprint density at radius 3 is 2.38 bits per heavy atom. The zero-order valence-corrected chi connectivity index (χ0v) is 17.7. The number of nitrogens with one attached hydrogen (secondary N) is 2. The molecule has 2 aromatic carbocycles. The van der Waals surface area contributed by atoms with Gasteiger partial charge >= 0.3 is 0 Å². The lowest BCUT2D eigenvalue weighted by molar-refractivity contribution is -0.114. The fraction of sp³-hybridized carbons (Fsp3) is 0.190. The first kappa shape index (κ1) is 20.9. The smallest absolute Gasteiger partial charge is 0.260 e. The molecule has 2 N–H and O–H groups in total. The van der Waals surface area contributed by atoms with E-state index >= 15 is 0 Å². The summed E-state index contributed by atoms with van der Waals surface area (Å²) in [4.78, 5) is 24.1. The predicted molar refractivity (Wildman–Crippen MR) is 116 cm³/mol. The van der Waals surface area contributed by atoms with Crippen molar-refractivity contribution in [3.63, 3.8) is 0 Å². The van der Waals surface area contributed by atoms with Gasteiger partial charge in [0.25, 0.3) is 5.91 Å². The fourth-order valence-electron chi connectivity index (χ4n) is 2.87. The van der Waals surface area contributed by atoms with Crippen molar-refractivity contribution in [2.75, 3.05) is 10.6 Å². The fourth-order valence-corrected chi connectivity index (χ4v) is 3.35. The summed E-state index contributed by atoms with van der Waals surface area (Å²) in [5.41, 5.74) is 3.86. The van der Waals surface area contributed by atoms with Crippen molar-refractivity contribution >= 4 is 46.4 Å². The molecule has 1 heterocycles. The lowest BCUT2D eigenvalue weighted by atomic mass is 10.1. The SMILES string of the molecule is CC(=O)Nc1ccc(Cl)c(NC(=O)c2c(C)nn(Cc3ccc(C)cc3)c2Cl)c1. The highest BCUT2D eigenvalue weighted by Crippen LogP contribution is 2.28. The van der Waals surface area contributed by atoms with Crippen LogP contribution in [0.3, 0.4) is 0 Å². The van der Waals surface area contributed by atoms with Gasteiger partial charge in [0.15, 0.2) is 0 Å². The number of halogens is 2. The molecule has 1 aromatic heterocycles. The molecule has 3 rings (SSSR count). The Morgan fingerprint density at radius 2 is 1.72 bits per heavy atom. The molecular weight excluding hydrogens is 411 g/mol. The maximum absolute atomic E-state index is 12.9. The Morgan fingerprint density at radius 1 is 1.03 bits per heavy atom. The van der Waals surface area contributed by atoms with E-state index in [0.29, 0.717) is 28.6 Å². The highest BCUT2D eigenvalue weighted by Gasteiger charge is 2.21. The van der Waals surface area contributed by atoms with Crippen LogP contribution < -0.4 is 10.6 Å². The average molecular weight is 431 g/mol. The third-order valence-corrected chi connectivity index (χ3v) is 4.99. The van der Waals surface area contributed by atoms with Crippen molar-refractivity contribution in [1.29, 1.82) is 0 Å². The first-order chi connectivity index (χ1) is 13.7. The standard InChI is InChI=1S/C21H20Cl2N4O2/c1-12-4-6-15(7-5-12)11-27-20(23)19(13(2)26-27)21(29)25-18-10-16(24-14(3)28)8-9-17(18)22/h4-10H,11H2,1-3H3,(H,24,28)(H,25,29). The van der Waals surface area contributed by atoms with Gasteiger partial charge in [0.2, 0.25) is 5.91 Å². The van der Waals surface area contributed by atoms with E-state index in [1.807, 2.05) is 31.2 Å². The van der Waals surface area contributed by atoms with E-state index in [1.54, 1.807) is 29.8 Å². The van der Waals surface area contributed by atoms with Crippen molar-refractivity contribution in [3.8, 4) is 0 Å². The van der Waals surface area contributed by atoms with Crippen LogP contribution in [0.2, 0.25) is 10.2 Å². The number of nitrogens with zero attached hydrogens (tertiary/aromatic N) is 2. The third-order valence-electron chi connectivity index (χ3n) is 4.28. The van der Waals surface area contributed by atoms with E-state index in [0.717, 1.165) is 11.1 Å². The van der Waals surface area contributed by atoms with Crippen LogP contribution in [-0.2, 0) is 11.3 Å². The van der Waals surface area contributed by atoms with Gasteiger partial charge in [-0.1, -0.05) is 53.0 Å². The molecular formula is C21H20Cl2N4O2. The highest BCUT2D eigenvalue weighted by molar-refractivity contribution is 6.35. The van der Waals surface area contributed by atoms with Crippen LogP contribution in [0.15, 0.2) is 42.5 Å². The van der Waals surface area contributed by atoms with E-state index in [-0.39, 0.29) is 16.6 Å². The Balaban J connectivity index is 1.84. The molecule has 0 aliphatic heterocycles. The molecule has 2 amide bonds. The first-order valence-electron chi connectivity index (χ1n) is 8.91. The summed E-state index contributed by atoms with van der Waals surface area (Å²) in [6.45, 7) is 5.59. The Bertz CT molecular complexity index is 1080. The maximum Gasteiger partial charge on any atom is 0.260 e. The van der Waals surface area contributed by atoms with Crippen LogP contribution >= 0.6 is 23.2 Å². The molecule has 29 heavy (non-hydrogen) atoms. The summed E-state index contributed by atoms with van der Waals surface area (Å²) >= 11 is 12.6. The number of carbonyl (C=O) groups excluding carboxylic acids is 2. The summed E-state index contributed by atoms with van der Waals surface area (Å²) < 4.78 is 1.59. The van der Waals surface area contributed by atoms with Gasteiger partial charge in [0.1, 0.15) is 5.15 Å². The zero-order chi connectivity index (χ0) is 21.1. The number of carbonyl (C=O) groups is 2. The number of aryl methyl sites for hydroxylation is 2. The summed E-state index contributed by atoms with van der Waals surface area (Å²) in [7, 11) is 0. The maximum atomic E-state index is 12.9. The Labute approximate surface area is 178 Å². The molecule has 0 aliphatic carbocycles. The van der Waals surface area contributed by atoms with Gasteiger partial charge in [-0.25, -0.2) is 4.68 Å². The second-order valence-electron chi connectivity index (χ2n) is 6.72. The normalized spacial score (nSPS) is 10.7. The number of anilines is 2. The van der Waals surface area contributed by atoms with Crippen molar-refractivity contribution in [3.05, 3.63) is 75.0 Å². The van der Waals surface area contributed by atoms with Gasteiger partial charge in [-0.2, -0.15) is 5.10 Å². The molecule has 0 saturated carbocycles. The number of hydrogen-bond donors (Lipinski definition) is 2. The summed E-state index contributed by atoms with van der Waals surface area (Å²) in [5.74, 6) is -0.648. The number of benzene rings is 2. The van der Waals surface area contributed by atoms with E-state index in [9.17, 15) is 9.59 Å². The lowest BCUT2D eigenvalue weighted by Gasteiger charge is -2.10. The van der Waals surface area contributed by atoms with Gasteiger partial charge in [0, 0.05) is 12.6 Å². The van der Waals surface area contributed by atoms with Crippen molar-refractivity contribution in [2.24, 2.45) is 0 Å². The lowest BCUT2D eigenvalue weighted by Crippen LogP contribution is -2.14. The number of rotatable bonds is 5. The highest BCUT2D eigenvalue weighted by atomic mass is 35.5. The van der Waals surface area contributed by atoms with E-state index in [4.69, 9.17) is 23.2 Å². The number of amides is 2. The van der Waals surface area contributed by atoms with Gasteiger partial charge < -0.3 is 10.6 Å². The summed E-state index contributed by atoms with van der Waals surface area (Å²) in [6.07, 6.45) is 0. The van der Waals surface area contributed by atoms with Crippen LogP contribution in [-0.4, -0.2) is 21.6 Å². The molecule has 0 aliphatic rings. The predicted octanol–water partition coefficient (Wildman–Crippen LogP) is 5.07. The topological polar surface area (TPSA) is 76.0 Å². The van der Waals surface area contributed by atoms with Crippen LogP contribution in [0.4, 0.5) is 11.4 Å². The number of aromatic nitrogens is 2. The van der Waals surface area contributed by atoms with Crippen LogP contribution in [0.1, 0.15) is 34.1 Å². The first-order valence-corrected chi connectivity index (χ1v) is 9.67. The largest absolute Gasteiger partial charge is 0.326 e. The minimum absolute atomic E-state index is 0.221. The second kappa shape index (κ2) is 8.68. The Kier molecular flexibility index (Phi) is 6.25. The molecule has 0 bridgehead atoms. The van der Waals surface area contributed by atoms with Gasteiger partial charge in [-0.15, -0.1) is 0 Å². The van der Waals surface area contributed by atoms with E-state index < -0.39 is 5.91 Å². The molecule has 0 spiro atoms. The minimum atomic E-state index is -0.426. The number of hydrogen-bond acceptors (Lipinski definition) is 3. The van der Waals surface area contributed by atoms with Crippen molar-refractivity contribution in [1.82, 2.24) is 9.78 Å². The second-order valence-corrected chi connectivity index (χ2v) is 7.49. The minimum Gasteiger partial charge on any atom is -0.326 e. The van der Waals surface area contributed by atoms with Crippen molar-refractivity contribution in [2.45, 2.75) is 27.3 Å². The quantitative estimate of drug-likeness (QED) is 0.593. The summed E-state index contributed by atoms with van der Waals surface area (Å²) in [5, 5.41) is 10.4. The molecule has 0 radical (unpaired) electrons. The molecule has 6 nitrogen and oxygen atoms in total. The van der Waals surface area contributed by atoms with Crippen molar-refractivity contribution < 1.29 is 9.59 Å². The monoisotopic (exact) mass is 430 g/mol. The molecule has 0 saturated heterocycles. The molecule has 0 atom stereocenters. The van der Waals surface area contributed by atoms with Gasteiger partial charge in [0.05, 0.1) is 28.5 Å². The average Bonchev–Trinajstić information content (AvgIpc) is 2.93. The molecule has 0 unspecified atom stereocenters. The van der Waals surface area contributed by atoms with Crippen LogP contribution in [0, 0.1) is 13.8 Å². The van der Waals surface area contributed by atoms with Gasteiger partial charge in [-0.05, 0) is 37.6 Å². The zero-order valence-electron chi connectivity index (χ0n) is 16.2. The third kappa shape index (κ3) is 4.96. The summed E-state index contributed by atoms with van der Waals surface area (Å²) in [6, 6.07) is 12.8. The Hall–Kier alpha value is -2.83. The van der Waals surface area contributed by atoms with Gasteiger partial charge in [-0.3, -0.25) is 9.59 Å². The molecule has 8 heteroatoms. The van der Waals surface area contributed by atoms with E-state index in [1.165, 1.54) is 6.92 Å². The van der Waals surface area contributed by atoms with Crippen LogP contribution in [0.5, 0.6) is 0 Å².